The average molecular weight is 407 g/mol. The van der Waals surface area contributed by atoms with E-state index in [1.807, 2.05) is 6.07 Å². The second-order valence-corrected chi connectivity index (χ2v) is 7.31. The van der Waals surface area contributed by atoms with E-state index < -0.39 is 11.4 Å². The minimum absolute atomic E-state index is 0.129. The molecule has 3 aromatic rings. The van der Waals surface area contributed by atoms with E-state index in [0.717, 1.165) is 12.1 Å². The van der Waals surface area contributed by atoms with Crippen LogP contribution < -0.4 is 5.32 Å². The van der Waals surface area contributed by atoms with Gasteiger partial charge in [-0.25, -0.2) is 13.9 Å². The fourth-order valence-corrected chi connectivity index (χ4v) is 3.69. The molecular formula is C23H22FN3O3. The lowest BCUT2D eigenvalue weighted by Crippen LogP contribution is -2.46. The molecule has 7 heteroatoms. The molecule has 1 heterocycles. The summed E-state index contributed by atoms with van der Waals surface area (Å²) in [4.78, 5) is 24.8. The predicted octanol–water partition coefficient (Wildman–Crippen LogP) is 4.25. The molecule has 1 aromatic heterocycles. The summed E-state index contributed by atoms with van der Waals surface area (Å²) < 4.78 is 20.2. The molecule has 2 aromatic carbocycles. The third-order valence-corrected chi connectivity index (χ3v) is 5.48. The van der Waals surface area contributed by atoms with Gasteiger partial charge in [0, 0.05) is 11.9 Å². The number of anilines is 1. The Morgan fingerprint density at radius 3 is 2.57 bits per heavy atom. The van der Waals surface area contributed by atoms with E-state index in [-0.39, 0.29) is 24.0 Å². The first-order chi connectivity index (χ1) is 14.5. The van der Waals surface area contributed by atoms with Crippen molar-refractivity contribution in [3.63, 3.8) is 0 Å². The summed E-state index contributed by atoms with van der Waals surface area (Å²) in [6.07, 6.45) is 4.01. The zero-order valence-electron chi connectivity index (χ0n) is 16.6. The van der Waals surface area contributed by atoms with Gasteiger partial charge in [-0.3, -0.25) is 4.79 Å². The van der Waals surface area contributed by atoms with Crippen molar-refractivity contribution in [3.8, 4) is 5.69 Å². The van der Waals surface area contributed by atoms with Crippen molar-refractivity contribution in [1.82, 2.24) is 9.78 Å². The van der Waals surface area contributed by atoms with Gasteiger partial charge in [-0.15, -0.1) is 0 Å². The highest BCUT2D eigenvalue weighted by molar-refractivity contribution is 6.00. The monoisotopic (exact) mass is 407 g/mol. The fraction of sp³-hybridized carbons (Fsp3) is 0.261. The molecule has 1 fully saturated rings. The van der Waals surface area contributed by atoms with E-state index in [1.54, 1.807) is 54.2 Å². The number of ether oxygens (including phenoxy) is 1. The SMILES string of the molecule is CCOC(=O)c1ccn(-c2ccc(NC(=O)C3(c4cccc(F)c4)CCC3)cc2)n1. The lowest BCUT2D eigenvalue weighted by atomic mass is 9.63. The van der Waals surface area contributed by atoms with E-state index in [9.17, 15) is 14.0 Å². The molecule has 0 unspecified atom stereocenters. The highest BCUT2D eigenvalue weighted by Gasteiger charge is 2.45. The number of carbonyl (C=O) groups excluding carboxylic acids is 2. The van der Waals surface area contributed by atoms with Crippen LogP contribution in [-0.4, -0.2) is 28.3 Å². The smallest absolute Gasteiger partial charge is 0.358 e. The number of benzene rings is 2. The molecule has 30 heavy (non-hydrogen) atoms. The van der Waals surface area contributed by atoms with E-state index in [2.05, 4.69) is 10.4 Å². The zero-order chi connectivity index (χ0) is 21.1. The molecule has 0 spiro atoms. The first-order valence-corrected chi connectivity index (χ1v) is 9.92. The van der Waals surface area contributed by atoms with Crippen molar-refractivity contribution in [2.75, 3.05) is 11.9 Å². The molecule has 0 radical (unpaired) electrons. The third-order valence-electron chi connectivity index (χ3n) is 5.48. The maximum atomic E-state index is 13.7. The van der Waals surface area contributed by atoms with Crippen molar-refractivity contribution >= 4 is 17.6 Å². The lowest BCUT2D eigenvalue weighted by molar-refractivity contribution is -0.124. The van der Waals surface area contributed by atoms with Gasteiger partial charge in [0.15, 0.2) is 5.69 Å². The lowest BCUT2D eigenvalue weighted by Gasteiger charge is -2.40. The first-order valence-electron chi connectivity index (χ1n) is 9.92. The highest BCUT2D eigenvalue weighted by atomic mass is 19.1. The Morgan fingerprint density at radius 2 is 1.93 bits per heavy atom. The third kappa shape index (κ3) is 3.70. The Balaban J connectivity index is 1.48. The Hall–Kier alpha value is -3.48. The van der Waals surface area contributed by atoms with E-state index in [4.69, 9.17) is 4.74 Å². The van der Waals surface area contributed by atoms with Crippen LogP contribution in [0.5, 0.6) is 0 Å². The van der Waals surface area contributed by atoms with Gasteiger partial charge in [-0.05, 0) is 67.8 Å². The topological polar surface area (TPSA) is 73.2 Å². The van der Waals surface area contributed by atoms with Crippen molar-refractivity contribution in [2.45, 2.75) is 31.6 Å². The van der Waals surface area contributed by atoms with Crippen LogP contribution in [-0.2, 0) is 14.9 Å². The molecule has 0 atom stereocenters. The van der Waals surface area contributed by atoms with Crippen LogP contribution in [0.15, 0.2) is 60.8 Å². The van der Waals surface area contributed by atoms with Gasteiger partial charge in [0.25, 0.3) is 0 Å². The maximum absolute atomic E-state index is 13.7. The number of aromatic nitrogens is 2. The van der Waals surface area contributed by atoms with Gasteiger partial charge >= 0.3 is 5.97 Å². The largest absolute Gasteiger partial charge is 0.461 e. The van der Waals surface area contributed by atoms with Gasteiger partial charge in [0.2, 0.25) is 5.91 Å². The number of rotatable bonds is 6. The standard InChI is InChI=1S/C23H22FN3O3/c1-2-30-21(28)20-11-14-27(26-20)19-9-7-18(8-10-19)25-22(29)23(12-4-13-23)16-5-3-6-17(24)15-16/h3,5-11,14-15H,2,4,12-13H2,1H3,(H,25,29). The van der Waals surface area contributed by atoms with Crippen LogP contribution in [0.4, 0.5) is 10.1 Å². The molecule has 0 saturated heterocycles. The van der Waals surface area contributed by atoms with Crippen LogP contribution in [0.3, 0.4) is 0 Å². The molecule has 1 amide bonds. The van der Waals surface area contributed by atoms with Crippen LogP contribution in [0.2, 0.25) is 0 Å². The van der Waals surface area contributed by atoms with Gasteiger partial charge in [-0.1, -0.05) is 18.6 Å². The van der Waals surface area contributed by atoms with Crippen molar-refractivity contribution in [1.29, 1.82) is 0 Å². The second kappa shape index (κ2) is 8.10. The highest BCUT2D eigenvalue weighted by Crippen LogP contribution is 2.44. The van der Waals surface area contributed by atoms with E-state index in [0.29, 0.717) is 24.1 Å². The van der Waals surface area contributed by atoms with Gasteiger partial charge < -0.3 is 10.1 Å². The van der Waals surface area contributed by atoms with Gasteiger partial charge in [0.1, 0.15) is 5.82 Å². The predicted molar refractivity (Wildman–Crippen MR) is 110 cm³/mol. The first kappa shape index (κ1) is 19.8. The number of hydrogen-bond acceptors (Lipinski definition) is 4. The Morgan fingerprint density at radius 1 is 1.17 bits per heavy atom. The summed E-state index contributed by atoms with van der Waals surface area (Å²) in [5.41, 5.74) is 1.65. The number of amides is 1. The van der Waals surface area contributed by atoms with Crippen LogP contribution >= 0.6 is 0 Å². The molecule has 4 rings (SSSR count). The number of carbonyl (C=O) groups is 2. The summed E-state index contributed by atoms with van der Waals surface area (Å²) in [6.45, 7) is 2.03. The Labute approximate surface area is 173 Å². The minimum atomic E-state index is -0.683. The minimum Gasteiger partial charge on any atom is -0.461 e. The second-order valence-electron chi connectivity index (χ2n) is 7.31. The Kier molecular flexibility index (Phi) is 5.35. The summed E-state index contributed by atoms with van der Waals surface area (Å²) in [7, 11) is 0. The number of halogens is 1. The number of nitrogens with zero attached hydrogens (tertiary/aromatic N) is 2. The number of hydrogen-bond donors (Lipinski definition) is 1. The summed E-state index contributed by atoms with van der Waals surface area (Å²) >= 11 is 0. The van der Waals surface area contributed by atoms with E-state index in [1.165, 1.54) is 12.1 Å². The average Bonchev–Trinajstić information content (AvgIpc) is 3.18. The van der Waals surface area contributed by atoms with Crippen LogP contribution in [0, 0.1) is 5.82 Å². The zero-order valence-corrected chi connectivity index (χ0v) is 16.6. The fourth-order valence-electron chi connectivity index (χ4n) is 3.69. The maximum Gasteiger partial charge on any atom is 0.358 e. The molecular weight excluding hydrogens is 385 g/mol. The van der Waals surface area contributed by atoms with Crippen molar-refractivity contribution < 1.29 is 18.7 Å². The summed E-state index contributed by atoms with van der Waals surface area (Å²) in [5, 5.41) is 7.17. The summed E-state index contributed by atoms with van der Waals surface area (Å²) in [5.74, 6) is -0.934. The quantitative estimate of drug-likeness (QED) is 0.620. The molecule has 1 N–H and O–H groups in total. The van der Waals surface area contributed by atoms with Crippen molar-refractivity contribution in [2.24, 2.45) is 0 Å². The molecule has 0 bridgehead atoms. The molecule has 6 nitrogen and oxygen atoms in total. The van der Waals surface area contributed by atoms with Crippen LogP contribution in [0.1, 0.15) is 42.2 Å². The molecule has 1 saturated carbocycles. The number of nitrogens with one attached hydrogen (secondary N) is 1. The van der Waals surface area contributed by atoms with Gasteiger partial charge in [0.05, 0.1) is 17.7 Å². The molecule has 1 aliphatic carbocycles. The normalized spacial score (nSPS) is 14.6. The molecule has 0 aliphatic heterocycles. The number of esters is 1. The molecule has 154 valence electrons. The van der Waals surface area contributed by atoms with E-state index >= 15 is 0 Å². The van der Waals surface area contributed by atoms with Crippen LogP contribution in [0.25, 0.3) is 5.69 Å². The Bertz CT molecular complexity index is 1070. The van der Waals surface area contributed by atoms with Crippen molar-refractivity contribution in [3.05, 3.63) is 77.9 Å². The summed E-state index contributed by atoms with van der Waals surface area (Å²) in [6, 6.07) is 15.0. The molecule has 1 aliphatic rings. The van der Waals surface area contributed by atoms with Gasteiger partial charge in [-0.2, -0.15) is 5.10 Å².